The first kappa shape index (κ1) is 28.8. The Labute approximate surface area is 233 Å². The molecule has 3 aromatic heterocycles. The van der Waals surface area contributed by atoms with Crippen molar-refractivity contribution in [2.45, 2.75) is 104 Å². The zero-order valence-corrected chi connectivity index (χ0v) is 25.2. The number of likely N-dealkylation sites (tertiary alicyclic amines) is 1. The molecule has 0 atom stereocenters. The minimum atomic E-state index is -0.110. The Morgan fingerprint density at radius 3 is 2.18 bits per heavy atom. The van der Waals surface area contributed by atoms with Crippen LogP contribution in [0.5, 0.6) is 5.88 Å². The van der Waals surface area contributed by atoms with Crippen LogP contribution in [0.4, 0.5) is 11.6 Å². The van der Waals surface area contributed by atoms with Crippen LogP contribution in [-0.2, 0) is 17.4 Å². The number of aromatic nitrogens is 5. The van der Waals surface area contributed by atoms with Gasteiger partial charge in [-0.25, -0.2) is 9.97 Å². The summed E-state index contributed by atoms with van der Waals surface area (Å²) in [6, 6.07) is 2.31. The van der Waals surface area contributed by atoms with E-state index in [1.165, 1.54) is 5.56 Å². The molecule has 39 heavy (non-hydrogen) atoms. The van der Waals surface area contributed by atoms with Gasteiger partial charge in [-0.3, -0.25) is 14.6 Å². The van der Waals surface area contributed by atoms with Crippen LogP contribution >= 0.6 is 0 Å². The number of nitrogen functional groups attached to an aromatic ring is 2. The highest BCUT2D eigenvalue weighted by atomic mass is 16.5. The highest BCUT2D eigenvalue weighted by Crippen LogP contribution is 2.36. The molecule has 9 nitrogen and oxygen atoms in total. The van der Waals surface area contributed by atoms with Gasteiger partial charge in [0.05, 0.1) is 23.5 Å². The van der Waals surface area contributed by atoms with Crippen molar-refractivity contribution in [3.8, 4) is 17.1 Å². The van der Waals surface area contributed by atoms with E-state index in [1.807, 2.05) is 23.1 Å². The molecule has 4 rings (SSSR count). The number of nitrogens with two attached hydrogens (primary N) is 2. The summed E-state index contributed by atoms with van der Waals surface area (Å²) in [6.45, 7) is 22.3. The molecular weight excluding hydrogens is 488 g/mol. The number of piperidine rings is 1. The second-order valence-corrected chi connectivity index (χ2v) is 13.7. The van der Waals surface area contributed by atoms with Crippen molar-refractivity contribution in [1.82, 2.24) is 29.6 Å². The van der Waals surface area contributed by atoms with E-state index in [0.717, 1.165) is 42.8 Å². The Kier molecular flexibility index (Phi) is 7.69. The highest BCUT2D eigenvalue weighted by Gasteiger charge is 2.30. The van der Waals surface area contributed by atoms with E-state index in [0.29, 0.717) is 24.2 Å². The Bertz CT molecular complexity index is 1300. The summed E-state index contributed by atoms with van der Waals surface area (Å²) >= 11 is 0. The maximum absolute atomic E-state index is 6.37. The van der Waals surface area contributed by atoms with E-state index < -0.39 is 0 Å². The van der Waals surface area contributed by atoms with Gasteiger partial charge in [-0.2, -0.15) is 5.10 Å². The molecule has 1 aliphatic rings. The monoisotopic (exact) mass is 534 g/mol. The summed E-state index contributed by atoms with van der Waals surface area (Å²) in [4.78, 5) is 16.3. The number of hydrogen-bond acceptors (Lipinski definition) is 8. The summed E-state index contributed by atoms with van der Waals surface area (Å²) in [5, 5.41) is 4.64. The SMILES string of the molecule is CC(C)(C)c1nccc(COc2nc(-c3cn(C4CCN(C(C)(C)C)CC4)nc3N)cnc2N)c1C(C)(C)C. The Morgan fingerprint density at radius 2 is 1.59 bits per heavy atom. The third kappa shape index (κ3) is 6.35. The quantitative estimate of drug-likeness (QED) is 0.440. The van der Waals surface area contributed by atoms with Gasteiger partial charge in [-0.1, -0.05) is 41.5 Å². The summed E-state index contributed by atoms with van der Waals surface area (Å²) in [7, 11) is 0. The zero-order valence-electron chi connectivity index (χ0n) is 25.2. The van der Waals surface area contributed by atoms with Gasteiger partial charge in [0.25, 0.3) is 5.88 Å². The molecule has 0 aromatic carbocycles. The summed E-state index contributed by atoms with van der Waals surface area (Å²) in [5.41, 5.74) is 17.2. The molecular formula is C30H46N8O. The fourth-order valence-corrected chi connectivity index (χ4v) is 5.38. The fourth-order valence-electron chi connectivity index (χ4n) is 5.38. The molecule has 0 bridgehead atoms. The number of hydrogen-bond donors (Lipinski definition) is 2. The van der Waals surface area contributed by atoms with Crippen LogP contribution < -0.4 is 16.2 Å². The number of pyridine rings is 1. The molecule has 4 N–H and O–H groups in total. The lowest BCUT2D eigenvalue weighted by atomic mass is 9.76. The van der Waals surface area contributed by atoms with Crippen LogP contribution in [0.1, 0.15) is 98.0 Å². The molecule has 9 heteroatoms. The highest BCUT2D eigenvalue weighted by molar-refractivity contribution is 5.70. The Balaban J connectivity index is 1.56. The second kappa shape index (κ2) is 10.4. The average molecular weight is 535 g/mol. The normalized spacial score (nSPS) is 16.0. The third-order valence-electron chi connectivity index (χ3n) is 7.45. The lowest BCUT2D eigenvalue weighted by molar-refractivity contribution is 0.0871. The predicted molar refractivity (Wildman–Crippen MR) is 158 cm³/mol. The summed E-state index contributed by atoms with van der Waals surface area (Å²) in [5.74, 6) is 0.950. The van der Waals surface area contributed by atoms with Gasteiger partial charge < -0.3 is 16.2 Å². The minimum absolute atomic E-state index is 0.0988. The van der Waals surface area contributed by atoms with Gasteiger partial charge in [-0.05, 0) is 56.2 Å². The first-order valence-corrected chi connectivity index (χ1v) is 13.9. The smallest absolute Gasteiger partial charge is 0.258 e. The number of ether oxygens (including phenoxy) is 1. The van der Waals surface area contributed by atoms with Crippen molar-refractivity contribution >= 4 is 11.6 Å². The van der Waals surface area contributed by atoms with E-state index in [1.54, 1.807) is 6.20 Å². The van der Waals surface area contributed by atoms with Gasteiger partial charge in [-0.15, -0.1) is 0 Å². The van der Waals surface area contributed by atoms with Crippen LogP contribution in [0.25, 0.3) is 11.3 Å². The zero-order chi connectivity index (χ0) is 28.8. The third-order valence-corrected chi connectivity index (χ3v) is 7.45. The molecule has 3 aromatic rings. The number of nitrogens with zero attached hydrogens (tertiary/aromatic N) is 6. The predicted octanol–water partition coefficient (Wildman–Crippen LogP) is 5.51. The molecule has 0 unspecified atom stereocenters. The fraction of sp³-hybridized carbons (Fsp3) is 0.600. The summed E-state index contributed by atoms with van der Waals surface area (Å²) in [6.07, 6.45) is 7.51. The van der Waals surface area contributed by atoms with Crippen molar-refractivity contribution in [2.24, 2.45) is 0 Å². The molecule has 4 heterocycles. The lowest BCUT2D eigenvalue weighted by Gasteiger charge is -2.40. The molecule has 0 spiro atoms. The van der Waals surface area contributed by atoms with Gasteiger partial charge >= 0.3 is 0 Å². The number of rotatable bonds is 5. The van der Waals surface area contributed by atoms with Gasteiger partial charge in [0.15, 0.2) is 11.6 Å². The number of anilines is 2. The second-order valence-electron chi connectivity index (χ2n) is 13.7. The van der Waals surface area contributed by atoms with Crippen molar-refractivity contribution in [3.63, 3.8) is 0 Å². The van der Waals surface area contributed by atoms with Gasteiger partial charge in [0.1, 0.15) is 6.61 Å². The first-order chi connectivity index (χ1) is 18.1. The average Bonchev–Trinajstić information content (AvgIpc) is 3.23. The van der Waals surface area contributed by atoms with Crippen molar-refractivity contribution in [2.75, 3.05) is 24.6 Å². The van der Waals surface area contributed by atoms with E-state index in [9.17, 15) is 0 Å². The maximum atomic E-state index is 6.37. The van der Waals surface area contributed by atoms with Crippen molar-refractivity contribution in [1.29, 1.82) is 0 Å². The van der Waals surface area contributed by atoms with Crippen LogP contribution in [0, 0.1) is 0 Å². The molecule has 0 saturated carbocycles. The van der Waals surface area contributed by atoms with E-state index in [-0.39, 0.29) is 28.1 Å². The molecule has 1 fully saturated rings. The van der Waals surface area contributed by atoms with Gasteiger partial charge in [0, 0.05) is 42.1 Å². The minimum Gasteiger partial charge on any atom is -0.470 e. The molecule has 1 aliphatic heterocycles. The van der Waals surface area contributed by atoms with Crippen molar-refractivity contribution < 1.29 is 4.74 Å². The van der Waals surface area contributed by atoms with Crippen LogP contribution in [0.15, 0.2) is 24.7 Å². The Morgan fingerprint density at radius 1 is 0.923 bits per heavy atom. The standard InChI is InChI=1S/C30H46N8O/c1-28(2,3)23-19(10-13-33-24(23)29(4,5)6)18-39-27-26(32)34-16-22(35-27)21-17-38(36-25(21)31)20-11-14-37(15-12-20)30(7,8)9/h10,13,16-17,20H,11-12,14-15,18H2,1-9H3,(H2,31,36)(H2,32,34). The van der Waals surface area contributed by atoms with Crippen LogP contribution in [0.2, 0.25) is 0 Å². The molecule has 0 aliphatic carbocycles. The van der Waals surface area contributed by atoms with Crippen molar-refractivity contribution in [3.05, 3.63) is 41.5 Å². The van der Waals surface area contributed by atoms with E-state index >= 15 is 0 Å². The topological polar surface area (TPSA) is 121 Å². The van der Waals surface area contributed by atoms with Crippen LogP contribution in [0.3, 0.4) is 0 Å². The largest absolute Gasteiger partial charge is 0.470 e. The molecule has 1 saturated heterocycles. The van der Waals surface area contributed by atoms with E-state index in [2.05, 4.69) is 77.3 Å². The lowest BCUT2D eigenvalue weighted by Crippen LogP contribution is -2.46. The Hall–Kier alpha value is -3.20. The van der Waals surface area contributed by atoms with Gasteiger partial charge in [0.2, 0.25) is 0 Å². The molecule has 212 valence electrons. The van der Waals surface area contributed by atoms with E-state index in [4.69, 9.17) is 26.2 Å². The first-order valence-electron chi connectivity index (χ1n) is 13.9. The molecule has 0 amide bonds. The summed E-state index contributed by atoms with van der Waals surface area (Å²) < 4.78 is 8.19. The van der Waals surface area contributed by atoms with Crippen LogP contribution in [-0.4, -0.2) is 48.3 Å². The molecule has 0 radical (unpaired) electrons. The maximum Gasteiger partial charge on any atom is 0.258 e.